The number of hydrogen-bond acceptors (Lipinski definition) is 4. The van der Waals surface area contributed by atoms with Crippen LogP contribution in [-0.4, -0.2) is 35.0 Å². The normalized spacial score (nSPS) is 34.2. The monoisotopic (exact) mass is 230 g/mol. The first-order valence-corrected chi connectivity index (χ1v) is 5.76. The number of aliphatic hydroxyl groups is 1. The molecule has 0 aromatic carbocycles. The molecule has 0 spiro atoms. The summed E-state index contributed by atoms with van der Waals surface area (Å²) in [6.45, 7) is 7.20. The molecule has 0 aromatic heterocycles. The molecule has 2 atom stereocenters. The molecule has 0 aliphatic carbocycles. The highest BCUT2D eigenvalue weighted by Crippen LogP contribution is 2.33. The Morgan fingerprint density at radius 3 is 2.62 bits per heavy atom. The number of hydrogen-bond donors (Lipinski definition) is 1. The lowest BCUT2D eigenvalue weighted by Crippen LogP contribution is -2.46. The standard InChI is InChI=1S/C12H22O4/c1-9(13)15-8-10-12(4,14)7-5-6-11(2,3)16-10/h10,14H,5-8H2,1-4H3/t10-,12+/m1/s1. The van der Waals surface area contributed by atoms with Crippen molar-refractivity contribution in [3.8, 4) is 0 Å². The maximum absolute atomic E-state index is 10.8. The van der Waals surface area contributed by atoms with Gasteiger partial charge in [0.05, 0.1) is 11.2 Å². The molecule has 0 aromatic rings. The summed E-state index contributed by atoms with van der Waals surface area (Å²) in [5, 5.41) is 10.2. The van der Waals surface area contributed by atoms with Crippen LogP contribution in [0.1, 0.15) is 47.0 Å². The third-order valence-corrected chi connectivity index (χ3v) is 3.05. The van der Waals surface area contributed by atoms with Gasteiger partial charge in [-0.2, -0.15) is 0 Å². The average molecular weight is 230 g/mol. The summed E-state index contributed by atoms with van der Waals surface area (Å²) in [7, 11) is 0. The number of carbonyl (C=O) groups is 1. The van der Waals surface area contributed by atoms with Gasteiger partial charge in [0.1, 0.15) is 12.7 Å². The molecule has 0 radical (unpaired) electrons. The Morgan fingerprint density at radius 1 is 1.44 bits per heavy atom. The molecule has 1 N–H and O–H groups in total. The minimum Gasteiger partial charge on any atom is -0.463 e. The fraction of sp³-hybridized carbons (Fsp3) is 0.917. The summed E-state index contributed by atoms with van der Waals surface area (Å²) in [5.41, 5.74) is -1.20. The van der Waals surface area contributed by atoms with Crippen molar-refractivity contribution in [1.29, 1.82) is 0 Å². The second-order valence-corrected chi connectivity index (χ2v) is 5.38. The second-order valence-electron chi connectivity index (χ2n) is 5.38. The molecular formula is C12H22O4. The number of esters is 1. The molecule has 1 aliphatic heterocycles. The first-order valence-electron chi connectivity index (χ1n) is 5.76. The van der Waals surface area contributed by atoms with E-state index >= 15 is 0 Å². The van der Waals surface area contributed by atoms with Crippen molar-refractivity contribution in [1.82, 2.24) is 0 Å². The van der Waals surface area contributed by atoms with E-state index in [1.54, 1.807) is 6.92 Å². The van der Waals surface area contributed by atoms with E-state index in [2.05, 4.69) is 0 Å². The number of ether oxygens (including phenoxy) is 2. The van der Waals surface area contributed by atoms with Crippen LogP contribution in [0.3, 0.4) is 0 Å². The Morgan fingerprint density at radius 2 is 2.06 bits per heavy atom. The van der Waals surface area contributed by atoms with Crippen molar-refractivity contribution in [2.75, 3.05) is 6.61 Å². The summed E-state index contributed by atoms with van der Waals surface area (Å²) in [5.74, 6) is -0.346. The van der Waals surface area contributed by atoms with E-state index in [9.17, 15) is 9.90 Å². The molecule has 0 saturated carbocycles. The van der Waals surface area contributed by atoms with Crippen molar-refractivity contribution in [3.05, 3.63) is 0 Å². The fourth-order valence-electron chi connectivity index (χ4n) is 2.01. The lowest BCUT2D eigenvalue weighted by Gasteiger charge is -2.34. The molecule has 0 unspecified atom stereocenters. The molecule has 1 aliphatic rings. The van der Waals surface area contributed by atoms with Crippen LogP contribution in [0.4, 0.5) is 0 Å². The van der Waals surface area contributed by atoms with E-state index in [1.165, 1.54) is 6.92 Å². The second kappa shape index (κ2) is 4.72. The third kappa shape index (κ3) is 3.76. The van der Waals surface area contributed by atoms with E-state index in [4.69, 9.17) is 9.47 Å². The van der Waals surface area contributed by atoms with Gasteiger partial charge >= 0.3 is 5.97 Å². The van der Waals surface area contributed by atoms with Crippen molar-refractivity contribution >= 4 is 5.97 Å². The molecule has 1 rings (SSSR count). The van der Waals surface area contributed by atoms with Gasteiger partial charge in [-0.15, -0.1) is 0 Å². The predicted octanol–water partition coefficient (Wildman–Crippen LogP) is 1.65. The Bertz CT molecular complexity index is 258. The lowest BCUT2D eigenvalue weighted by atomic mass is 9.93. The van der Waals surface area contributed by atoms with Crippen LogP contribution in [0.25, 0.3) is 0 Å². The highest BCUT2D eigenvalue weighted by molar-refractivity contribution is 5.65. The highest BCUT2D eigenvalue weighted by Gasteiger charge is 2.40. The smallest absolute Gasteiger partial charge is 0.302 e. The lowest BCUT2D eigenvalue weighted by molar-refractivity contribution is -0.176. The first-order chi connectivity index (χ1) is 7.23. The molecule has 1 saturated heterocycles. The summed E-state index contributed by atoms with van der Waals surface area (Å²) >= 11 is 0. The van der Waals surface area contributed by atoms with Crippen LogP contribution in [0, 0.1) is 0 Å². The molecule has 4 heteroatoms. The van der Waals surface area contributed by atoms with Gasteiger partial charge in [-0.25, -0.2) is 0 Å². The summed E-state index contributed by atoms with van der Waals surface area (Å²) in [6.07, 6.45) is 2.03. The van der Waals surface area contributed by atoms with Crippen LogP contribution >= 0.6 is 0 Å². The minimum atomic E-state index is -0.927. The Kier molecular flexibility index (Phi) is 3.97. The van der Waals surface area contributed by atoms with Gasteiger partial charge in [0.25, 0.3) is 0 Å². The van der Waals surface area contributed by atoms with Crippen molar-refractivity contribution in [2.24, 2.45) is 0 Å². The summed E-state index contributed by atoms with van der Waals surface area (Å²) in [6, 6.07) is 0. The van der Waals surface area contributed by atoms with Crippen LogP contribution in [0.5, 0.6) is 0 Å². The van der Waals surface area contributed by atoms with E-state index in [0.717, 1.165) is 12.8 Å². The van der Waals surface area contributed by atoms with Gasteiger partial charge < -0.3 is 14.6 Å². The van der Waals surface area contributed by atoms with E-state index in [-0.39, 0.29) is 18.2 Å². The Balaban J connectivity index is 2.70. The predicted molar refractivity (Wildman–Crippen MR) is 60.1 cm³/mol. The minimum absolute atomic E-state index is 0.117. The van der Waals surface area contributed by atoms with Crippen molar-refractivity contribution in [3.63, 3.8) is 0 Å². The largest absolute Gasteiger partial charge is 0.463 e. The van der Waals surface area contributed by atoms with Gasteiger partial charge in [0, 0.05) is 6.92 Å². The van der Waals surface area contributed by atoms with Gasteiger partial charge in [0.2, 0.25) is 0 Å². The molecule has 0 bridgehead atoms. The molecule has 16 heavy (non-hydrogen) atoms. The van der Waals surface area contributed by atoms with Crippen LogP contribution in [0.15, 0.2) is 0 Å². The maximum atomic E-state index is 10.8. The first kappa shape index (κ1) is 13.5. The molecular weight excluding hydrogens is 208 g/mol. The highest BCUT2D eigenvalue weighted by atomic mass is 16.6. The van der Waals surface area contributed by atoms with E-state index in [0.29, 0.717) is 6.42 Å². The number of rotatable bonds is 2. The zero-order chi connectivity index (χ0) is 12.4. The maximum Gasteiger partial charge on any atom is 0.302 e. The average Bonchev–Trinajstić information content (AvgIpc) is 2.19. The van der Waals surface area contributed by atoms with Crippen molar-refractivity contribution < 1.29 is 19.4 Å². The van der Waals surface area contributed by atoms with E-state index in [1.807, 2.05) is 13.8 Å². The zero-order valence-corrected chi connectivity index (χ0v) is 10.6. The fourth-order valence-corrected chi connectivity index (χ4v) is 2.01. The molecule has 4 nitrogen and oxygen atoms in total. The van der Waals surface area contributed by atoms with Gasteiger partial charge in [-0.05, 0) is 40.0 Å². The number of carbonyl (C=O) groups excluding carboxylic acids is 1. The van der Waals surface area contributed by atoms with Gasteiger partial charge in [0.15, 0.2) is 0 Å². The Labute approximate surface area is 96.9 Å². The van der Waals surface area contributed by atoms with Gasteiger partial charge in [-0.1, -0.05) is 0 Å². The van der Waals surface area contributed by atoms with Crippen LogP contribution < -0.4 is 0 Å². The SMILES string of the molecule is CC(=O)OC[C@H]1OC(C)(C)CCC[C@]1(C)O. The third-order valence-electron chi connectivity index (χ3n) is 3.05. The molecule has 1 fully saturated rings. The zero-order valence-electron chi connectivity index (χ0n) is 10.6. The van der Waals surface area contributed by atoms with Crippen LogP contribution in [-0.2, 0) is 14.3 Å². The summed E-state index contributed by atoms with van der Waals surface area (Å²) < 4.78 is 10.8. The van der Waals surface area contributed by atoms with Gasteiger partial charge in [-0.3, -0.25) is 4.79 Å². The van der Waals surface area contributed by atoms with Crippen LogP contribution in [0.2, 0.25) is 0 Å². The topological polar surface area (TPSA) is 55.8 Å². The molecule has 1 heterocycles. The van der Waals surface area contributed by atoms with E-state index < -0.39 is 11.7 Å². The summed E-state index contributed by atoms with van der Waals surface area (Å²) in [4.78, 5) is 10.8. The van der Waals surface area contributed by atoms with Crippen molar-refractivity contribution in [2.45, 2.75) is 64.3 Å². The Hall–Kier alpha value is -0.610. The quantitative estimate of drug-likeness (QED) is 0.733. The molecule has 94 valence electrons. The molecule has 0 amide bonds.